The van der Waals surface area contributed by atoms with Crippen molar-refractivity contribution in [3.8, 4) is 0 Å². The number of ether oxygens (including phenoxy) is 1. The van der Waals surface area contributed by atoms with Crippen LogP contribution in [-0.4, -0.2) is 62.3 Å². The van der Waals surface area contributed by atoms with Gasteiger partial charge in [-0.15, -0.1) is 0 Å². The summed E-state index contributed by atoms with van der Waals surface area (Å²) in [4.78, 5) is 0. The molecule has 1 rings (SSSR count). The molecular formula is C9H21AlN2O. The second kappa shape index (κ2) is 4.77. The van der Waals surface area contributed by atoms with E-state index >= 15 is 0 Å². The van der Waals surface area contributed by atoms with Crippen molar-refractivity contribution >= 4 is 15.7 Å². The summed E-state index contributed by atoms with van der Waals surface area (Å²) in [6, 6.07) is 0. The Morgan fingerprint density at radius 1 is 1.15 bits per heavy atom. The van der Waals surface area contributed by atoms with E-state index in [9.17, 15) is 0 Å². The molecule has 1 heterocycles. The van der Waals surface area contributed by atoms with Crippen LogP contribution in [0.15, 0.2) is 0 Å². The highest BCUT2D eigenvalue weighted by Crippen LogP contribution is 2.12. The van der Waals surface area contributed by atoms with Gasteiger partial charge >= 0.3 is 15.7 Å². The van der Waals surface area contributed by atoms with Crippen LogP contribution in [0, 0.1) is 0 Å². The maximum absolute atomic E-state index is 5.51. The van der Waals surface area contributed by atoms with E-state index < -0.39 is 0 Å². The quantitative estimate of drug-likeness (QED) is 0.524. The van der Waals surface area contributed by atoms with Gasteiger partial charge in [-0.3, -0.25) is 0 Å². The van der Waals surface area contributed by atoms with Crippen molar-refractivity contribution in [3.63, 3.8) is 0 Å². The van der Waals surface area contributed by atoms with Gasteiger partial charge in [-0.25, -0.2) is 0 Å². The molecule has 1 aliphatic rings. The standard InChI is InChI=1S/C9H20N2O.Al.H/c1-9(2,3)11-6-8-12-7-5-10-4;;/h5-8H2,1-4H3;;/q-2;+2;. The minimum Gasteiger partial charge on any atom is -0.379 e. The summed E-state index contributed by atoms with van der Waals surface area (Å²) in [5.41, 5.74) is 0.307. The van der Waals surface area contributed by atoms with Crippen molar-refractivity contribution in [1.29, 1.82) is 0 Å². The van der Waals surface area contributed by atoms with Gasteiger partial charge in [-0.05, 0) is 33.4 Å². The molecule has 0 aromatic rings. The van der Waals surface area contributed by atoms with Crippen molar-refractivity contribution in [2.24, 2.45) is 0 Å². The molecule has 1 saturated heterocycles. The maximum Gasteiger partial charge on any atom is 0.463 e. The molecule has 1 fully saturated rings. The first-order valence-electron chi connectivity index (χ1n) is 5.01. The smallest absolute Gasteiger partial charge is 0.379 e. The molecule has 0 bridgehead atoms. The molecule has 13 heavy (non-hydrogen) atoms. The lowest BCUT2D eigenvalue weighted by Crippen LogP contribution is -2.52. The Kier molecular flexibility index (Phi) is 4.21. The fourth-order valence-electron chi connectivity index (χ4n) is 1.48. The zero-order valence-corrected chi connectivity index (χ0v) is 10.8. The summed E-state index contributed by atoms with van der Waals surface area (Å²) in [5.74, 6) is 0. The van der Waals surface area contributed by atoms with Gasteiger partial charge in [-0.2, -0.15) is 0 Å². The highest BCUT2D eigenvalue weighted by molar-refractivity contribution is 6.28. The van der Waals surface area contributed by atoms with Crippen LogP contribution in [0.3, 0.4) is 0 Å². The zero-order chi connectivity index (χ0) is 9.90. The molecule has 3 nitrogen and oxygen atoms in total. The minimum absolute atomic E-state index is 0.228. The molecule has 0 saturated carbocycles. The topological polar surface area (TPSA) is 15.7 Å². The normalized spacial score (nSPS) is 23.4. The Morgan fingerprint density at radius 3 is 2.38 bits per heavy atom. The van der Waals surface area contributed by atoms with Gasteiger partial charge in [0.05, 0.1) is 13.2 Å². The van der Waals surface area contributed by atoms with Crippen LogP contribution in [0.2, 0.25) is 0 Å². The fraction of sp³-hybridized carbons (Fsp3) is 1.00. The Balaban J connectivity index is 2.51. The third-order valence-corrected chi connectivity index (χ3v) is 4.89. The largest absolute Gasteiger partial charge is 0.463 e. The highest BCUT2D eigenvalue weighted by atomic mass is 27.1. The van der Waals surface area contributed by atoms with Crippen LogP contribution in [0.25, 0.3) is 0 Å². The Hall–Kier alpha value is 0.412. The van der Waals surface area contributed by atoms with Gasteiger partial charge in [0, 0.05) is 13.1 Å². The number of nitrogens with zero attached hydrogens (tertiary/aromatic N) is 2. The third-order valence-electron chi connectivity index (χ3n) is 2.48. The molecule has 76 valence electrons. The summed E-state index contributed by atoms with van der Waals surface area (Å²) in [5, 5.41) is 0. The molecule has 0 unspecified atom stereocenters. The predicted molar refractivity (Wildman–Crippen MR) is 57.1 cm³/mol. The number of likely N-dealkylation sites (N-methyl/N-ethyl adjacent to an activating group) is 1. The lowest BCUT2D eigenvalue weighted by Gasteiger charge is -2.39. The van der Waals surface area contributed by atoms with Gasteiger partial charge < -0.3 is 12.5 Å². The van der Waals surface area contributed by atoms with Crippen molar-refractivity contribution in [1.82, 2.24) is 7.77 Å². The van der Waals surface area contributed by atoms with Crippen LogP contribution < -0.4 is 0 Å². The molecule has 0 amide bonds. The molecular weight excluding hydrogens is 179 g/mol. The van der Waals surface area contributed by atoms with E-state index in [0.29, 0.717) is 5.54 Å². The first-order valence-corrected chi connectivity index (χ1v) is 6.28. The molecule has 0 N–H and O–H groups in total. The van der Waals surface area contributed by atoms with Crippen LogP contribution in [0.4, 0.5) is 0 Å². The van der Waals surface area contributed by atoms with Crippen molar-refractivity contribution in [2.75, 3.05) is 33.4 Å². The predicted octanol–water partition coefficient (Wildman–Crippen LogP) is 0.315. The van der Waals surface area contributed by atoms with Gasteiger partial charge in [0.15, 0.2) is 0 Å². The maximum atomic E-state index is 5.51. The monoisotopic (exact) mass is 200 g/mol. The van der Waals surface area contributed by atoms with Crippen molar-refractivity contribution < 1.29 is 4.74 Å². The molecule has 0 aliphatic carbocycles. The van der Waals surface area contributed by atoms with Crippen LogP contribution >= 0.6 is 0 Å². The SMILES string of the molecule is C[N]1CCOCC[N](C(C)(C)C)[AlH]1. The zero-order valence-electron chi connectivity index (χ0n) is 9.34. The van der Waals surface area contributed by atoms with Crippen LogP contribution in [0.1, 0.15) is 20.8 Å². The second-order valence-electron chi connectivity index (χ2n) is 4.77. The van der Waals surface area contributed by atoms with Gasteiger partial charge in [0.2, 0.25) is 0 Å². The summed E-state index contributed by atoms with van der Waals surface area (Å²) in [6.45, 7) is 10.9. The average Bonchev–Trinajstić information content (AvgIpc) is 1.94. The minimum atomic E-state index is -0.228. The van der Waals surface area contributed by atoms with Crippen LogP contribution in [0.5, 0.6) is 0 Å². The Labute approximate surface area is 88.2 Å². The van der Waals surface area contributed by atoms with E-state index in [4.69, 9.17) is 4.74 Å². The lowest BCUT2D eigenvalue weighted by atomic mass is 10.1. The number of hydrogen-bond donors (Lipinski definition) is 0. The lowest BCUT2D eigenvalue weighted by molar-refractivity contribution is 0.0812. The molecule has 0 aromatic heterocycles. The Morgan fingerprint density at radius 2 is 1.77 bits per heavy atom. The first-order chi connectivity index (χ1) is 6.00. The van der Waals surface area contributed by atoms with Crippen LogP contribution in [-0.2, 0) is 4.74 Å². The molecule has 0 atom stereocenters. The average molecular weight is 200 g/mol. The first kappa shape index (κ1) is 11.5. The van der Waals surface area contributed by atoms with Crippen molar-refractivity contribution in [2.45, 2.75) is 26.3 Å². The molecule has 1 aliphatic heterocycles. The van der Waals surface area contributed by atoms with Crippen molar-refractivity contribution in [3.05, 3.63) is 0 Å². The Bertz CT molecular complexity index is 158. The van der Waals surface area contributed by atoms with E-state index in [0.717, 1.165) is 26.3 Å². The van der Waals surface area contributed by atoms with Gasteiger partial charge in [0.25, 0.3) is 0 Å². The molecule has 4 heteroatoms. The number of rotatable bonds is 0. The second-order valence-corrected chi connectivity index (χ2v) is 6.89. The number of hydrogen-bond acceptors (Lipinski definition) is 3. The van der Waals surface area contributed by atoms with E-state index in [1.165, 1.54) is 0 Å². The van der Waals surface area contributed by atoms with E-state index in [2.05, 4.69) is 35.6 Å². The van der Waals surface area contributed by atoms with Gasteiger partial charge in [0.1, 0.15) is 0 Å². The molecule has 0 spiro atoms. The summed E-state index contributed by atoms with van der Waals surface area (Å²) in [7, 11) is 2.21. The van der Waals surface area contributed by atoms with E-state index in [-0.39, 0.29) is 15.7 Å². The third kappa shape index (κ3) is 3.97. The summed E-state index contributed by atoms with van der Waals surface area (Å²) in [6.07, 6.45) is 0. The highest BCUT2D eigenvalue weighted by Gasteiger charge is 2.25. The van der Waals surface area contributed by atoms with E-state index in [1.54, 1.807) is 0 Å². The molecule has 0 radical (unpaired) electrons. The fourth-order valence-corrected chi connectivity index (χ4v) is 3.03. The molecule has 0 aromatic carbocycles. The summed E-state index contributed by atoms with van der Waals surface area (Å²) < 4.78 is 10.5. The summed E-state index contributed by atoms with van der Waals surface area (Å²) >= 11 is -0.228. The van der Waals surface area contributed by atoms with E-state index in [1.807, 2.05) is 0 Å². The van der Waals surface area contributed by atoms with Gasteiger partial charge in [-0.1, -0.05) is 0 Å².